The first-order valence-electron chi connectivity index (χ1n) is 6.32. The number of aliphatic hydroxyl groups excluding tert-OH is 1. The fourth-order valence-corrected chi connectivity index (χ4v) is 2.85. The van der Waals surface area contributed by atoms with Gasteiger partial charge >= 0.3 is 0 Å². The highest BCUT2D eigenvalue weighted by atomic mass is 32.2. The molecule has 1 aliphatic rings. The van der Waals surface area contributed by atoms with Crippen LogP contribution in [0.15, 0.2) is 0 Å². The Hall–Kier alpha value is -0.260. The van der Waals surface area contributed by atoms with Crippen LogP contribution in [0.5, 0.6) is 0 Å². The Labute approximate surface area is 108 Å². The van der Waals surface area contributed by atoms with Gasteiger partial charge in [-0.2, -0.15) is 11.8 Å². The van der Waals surface area contributed by atoms with Crippen LogP contribution >= 0.6 is 11.8 Å². The van der Waals surface area contributed by atoms with Crippen LogP contribution in [0.1, 0.15) is 25.7 Å². The third-order valence-electron chi connectivity index (χ3n) is 3.56. The van der Waals surface area contributed by atoms with Gasteiger partial charge in [0.05, 0.1) is 6.04 Å². The van der Waals surface area contributed by atoms with Crippen molar-refractivity contribution in [3.63, 3.8) is 0 Å². The van der Waals surface area contributed by atoms with E-state index in [0.717, 1.165) is 31.4 Å². The molecule has 1 amide bonds. The monoisotopic (exact) mass is 260 g/mol. The largest absolute Gasteiger partial charge is 0.396 e. The van der Waals surface area contributed by atoms with Crippen LogP contribution < -0.4 is 11.1 Å². The molecule has 17 heavy (non-hydrogen) atoms. The van der Waals surface area contributed by atoms with Gasteiger partial charge in [0.2, 0.25) is 5.91 Å². The first kappa shape index (κ1) is 14.8. The zero-order chi connectivity index (χ0) is 12.7. The average Bonchev–Trinajstić information content (AvgIpc) is 2.80. The number of nitrogens with two attached hydrogens (primary N) is 1. The van der Waals surface area contributed by atoms with Crippen molar-refractivity contribution in [3.8, 4) is 0 Å². The van der Waals surface area contributed by atoms with E-state index in [2.05, 4.69) is 5.32 Å². The second-order valence-corrected chi connectivity index (χ2v) is 5.75. The number of thioether (sulfide) groups is 1. The van der Waals surface area contributed by atoms with Crippen LogP contribution in [-0.2, 0) is 4.79 Å². The lowest BCUT2D eigenvalue weighted by Crippen LogP contribution is -2.43. The summed E-state index contributed by atoms with van der Waals surface area (Å²) < 4.78 is 0. The molecule has 0 heterocycles. The lowest BCUT2D eigenvalue weighted by atomic mass is 9.97. The van der Waals surface area contributed by atoms with Gasteiger partial charge < -0.3 is 16.2 Å². The van der Waals surface area contributed by atoms with Crippen molar-refractivity contribution in [2.24, 2.45) is 17.6 Å². The maximum Gasteiger partial charge on any atom is 0.236 e. The molecule has 0 radical (unpaired) electrons. The molecule has 1 fully saturated rings. The van der Waals surface area contributed by atoms with E-state index < -0.39 is 6.04 Å². The van der Waals surface area contributed by atoms with Gasteiger partial charge in [0.1, 0.15) is 0 Å². The molecule has 1 saturated carbocycles. The van der Waals surface area contributed by atoms with Crippen molar-refractivity contribution >= 4 is 17.7 Å². The Balaban J connectivity index is 2.22. The second-order valence-electron chi connectivity index (χ2n) is 4.77. The molecule has 2 unspecified atom stereocenters. The number of hydrogen-bond donors (Lipinski definition) is 3. The molecule has 3 atom stereocenters. The molecular weight excluding hydrogens is 236 g/mol. The van der Waals surface area contributed by atoms with Crippen molar-refractivity contribution in [1.82, 2.24) is 5.32 Å². The fourth-order valence-electron chi connectivity index (χ4n) is 2.36. The zero-order valence-electron chi connectivity index (χ0n) is 10.5. The second kappa shape index (κ2) is 7.95. The highest BCUT2D eigenvalue weighted by Gasteiger charge is 2.27. The average molecular weight is 260 g/mol. The van der Waals surface area contributed by atoms with Gasteiger partial charge in [0, 0.05) is 13.2 Å². The minimum absolute atomic E-state index is 0.0531. The van der Waals surface area contributed by atoms with Gasteiger partial charge in [0.15, 0.2) is 0 Å². The predicted molar refractivity (Wildman–Crippen MR) is 71.9 cm³/mol. The number of carbonyl (C=O) groups excluding carboxylic acids is 1. The molecule has 100 valence electrons. The number of hydrogen-bond acceptors (Lipinski definition) is 4. The molecule has 0 saturated heterocycles. The molecule has 1 aliphatic carbocycles. The minimum atomic E-state index is -0.392. The molecule has 0 aromatic heterocycles. The van der Waals surface area contributed by atoms with E-state index in [4.69, 9.17) is 5.73 Å². The number of amides is 1. The van der Waals surface area contributed by atoms with Gasteiger partial charge in [-0.1, -0.05) is 6.42 Å². The van der Waals surface area contributed by atoms with E-state index in [1.54, 1.807) is 11.8 Å². The quantitative estimate of drug-likeness (QED) is 0.626. The van der Waals surface area contributed by atoms with Gasteiger partial charge in [-0.3, -0.25) is 4.79 Å². The Bertz CT molecular complexity index is 239. The lowest BCUT2D eigenvalue weighted by Gasteiger charge is -2.19. The highest BCUT2D eigenvalue weighted by Crippen LogP contribution is 2.30. The van der Waals surface area contributed by atoms with E-state index >= 15 is 0 Å². The van der Waals surface area contributed by atoms with Crippen molar-refractivity contribution < 1.29 is 9.90 Å². The van der Waals surface area contributed by atoms with Crippen LogP contribution in [-0.4, -0.2) is 42.2 Å². The highest BCUT2D eigenvalue weighted by molar-refractivity contribution is 7.98. The molecule has 0 aromatic carbocycles. The fraction of sp³-hybridized carbons (Fsp3) is 0.917. The van der Waals surface area contributed by atoms with E-state index in [0.29, 0.717) is 18.4 Å². The maximum atomic E-state index is 11.7. The zero-order valence-corrected chi connectivity index (χ0v) is 11.3. The first-order valence-corrected chi connectivity index (χ1v) is 7.71. The predicted octanol–water partition coefficient (Wildman–Crippen LogP) is 0.592. The van der Waals surface area contributed by atoms with Crippen LogP contribution in [0.4, 0.5) is 0 Å². The normalized spacial score (nSPS) is 25.8. The summed E-state index contributed by atoms with van der Waals surface area (Å²) in [6, 6.07) is -0.392. The first-order chi connectivity index (χ1) is 8.19. The molecule has 0 bridgehead atoms. The van der Waals surface area contributed by atoms with E-state index in [-0.39, 0.29) is 12.5 Å². The molecule has 0 spiro atoms. The van der Waals surface area contributed by atoms with E-state index in [1.807, 2.05) is 6.26 Å². The smallest absolute Gasteiger partial charge is 0.236 e. The Morgan fingerprint density at radius 3 is 2.88 bits per heavy atom. The summed E-state index contributed by atoms with van der Waals surface area (Å²) in [6.45, 7) is 0.899. The van der Waals surface area contributed by atoms with Crippen molar-refractivity contribution in [2.75, 3.05) is 25.2 Å². The maximum absolute atomic E-state index is 11.7. The van der Waals surface area contributed by atoms with Gasteiger partial charge in [-0.25, -0.2) is 0 Å². The summed E-state index contributed by atoms with van der Waals surface area (Å²) in [5.74, 6) is 1.65. The molecule has 5 heteroatoms. The third-order valence-corrected chi connectivity index (χ3v) is 4.20. The molecule has 4 nitrogen and oxygen atoms in total. The Morgan fingerprint density at radius 1 is 1.53 bits per heavy atom. The minimum Gasteiger partial charge on any atom is -0.396 e. The van der Waals surface area contributed by atoms with Gasteiger partial charge in [-0.15, -0.1) is 0 Å². The Kier molecular flexibility index (Phi) is 6.92. The van der Waals surface area contributed by atoms with Crippen LogP contribution in [0.25, 0.3) is 0 Å². The summed E-state index contributed by atoms with van der Waals surface area (Å²) >= 11 is 1.70. The summed E-state index contributed by atoms with van der Waals surface area (Å²) in [4.78, 5) is 11.7. The summed E-state index contributed by atoms with van der Waals surface area (Å²) in [5.41, 5.74) is 5.78. The van der Waals surface area contributed by atoms with Crippen LogP contribution in [0.2, 0.25) is 0 Å². The third kappa shape index (κ3) is 4.85. The number of carbonyl (C=O) groups is 1. The molecule has 0 aromatic rings. The number of nitrogens with one attached hydrogen (secondary N) is 1. The standard InChI is InChI=1S/C12H24N2O2S/c1-17-6-5-11(13)12(16)14-7-9-3-2-4-10(9)8-15/h9-11,15H,2-8,13H2,1H3,(H,14,16)/t9?,10?,11-/m0/s1. The van der Waals surface area contributed by atoms with E-state index in [9.17, 15) is 9.90 Å². The molecule has 0 aliphatic heterocycles. The summed E-state index contributed by atoms with van der Waals surface area (Å²) in [5, 5.41) is 12.1. The van der Waals surface area contributed by atoms with Crippen LogP contribution in [0, 0.1) is 11.8 Å². The van der Waals surface area contributed by atoms with Crippen LogP contribution in [0.3, 0.4) is 0 Å². The van der Waals surface area contributed by atoms with Gasteiger partial charge in [0.25, 0.3) is 0 Å². The number of rotatable bonds is 7. The molecule has 4 N–H and O–H groups in total. The Morgan fingerprint density at radius 2 is 2.24 bits per heavy atom. The topological polar surface area (TPSA) is 75.4 Å². The summed E-state index contributed by atoms with van der Waals surface area (Å²) in [7, 11) is 0. The van der Waals surface area contributed by atoms with Gasteiger partial charge in [-0.05, 0) is 43.1 Å². The van der Waals surface area contributed by atoms with E-state index in [1.165, 1.54) is 0 Å². The lowest BCUT2D eigenvalue weighted by molar-refractivity contribution is -0.122. The van der Waals surface area contributed by atoms with Crippen molar-refractivity contribution in [2.45, 2.75) is 31.7 Å². The van der Waals surface area contributed by atoms with Crippen molar-refractivity contribution in [1.29, 1.82) is 0 Å². The molecule has 1 rings (SSSR count). The number of aliphatic hydroxyl groups is 1. The molecular formula is C12H24N2O2S. The SMILES string of the molecule is CSCC[C@H](N)C(=O)NCC1CCCC1CO. The van der Waals surface area contributed by atoms with Crippen molar-refractivity contribution in [3.05, 3.63) is 0 Å². The summed E-state index contributed by atoms with van der Waals surface area (Å²) in [6.07, 6.45) is 6.07.